The van der Waals surface area contributed by atoms with Crippen molar-refractivity contribution in [2.75, 3.05) is 13.1 Å². The van der Waals surface area contributed by atoms with Crippen LogP contribution in [-0.4, -0.2) is 41.5 Å². The van der Waals surface area contributed by atoms with Crippen LogP contribution in [0.2, 0.25) is 0 Å². The Balaban J connectivity index is 2.28. The van der Waals surface area contributed by atoms with Crippen molar-refractivity contribution in [1.82, 2.24) is 10.2 Å². The van der Waals surface area contributed by atoms with Gasteiger partial charge in [-0.05, 0) is 24.7 Å². The molecule has 0 spiro atoms. The van der Waals surface area contributed by atoms with Crippen molar-refractivity contribution in [2.24, 2.45) is 16.7 Å². The van der Waals surface area contributed by atoms with Crippen LogP contribution in [0.25, 0.3) is 0 Å². The Kier molecular flexibility index (Phi) is 10.2. The summed E-state index contributed by atoms with van der Waals surface area (Å²) in [5, 5.41) is 2.79. The first-order valence-corrected chi connectivity index (χ1v) is 11.5. The van der Waals surface area contributed by atoms with Gasteiger partial charge in [-0.1, -0.05) is 60.8 Å². The van der Waals surface area contributed by atoms with Gasteiger partial charge in [0, 0.05) is 37.8 Å². The largest absolute Gasteiger partial charge is 0.356 e. The van der Waals surface area contributed by atoms with E-state index in [0.29, 0.717) is 38.8 Å². The quantitative estimate of drug-likeness (QED) is 0.355. The maximum Gasteiger partial charge on any atom is 0.233 e. The summed E-state index contributed by atoms with van der Waals surface area (Å²) in [5.74, 6) is -0.210. The van der Waals surface area contributed by atoms with E-state index in [2.05, 4.69) is 26.1 Å². The first-order chi connectivity index (χ1) is 13.9. The second-order valence-electron chi connectivity index (χ2n) is 10.3. The molecule has 0 aromatic rings. The lowest BCUT2D eigenvalue weighted by molar-refractivity contribution is -0.140. The Morgan fingerprint density at radius 1 is 1.00 bits per heavy atom. The molecule has 1 N–H and O–H groups in total. The van der Waals surface area contributed by atoms with Crippen LogP contribution in [0.1, 0.15) is 99.3 Å². The lowest BCUT2D eigenvalue weighted by Gasteiger charge is -2.30. The predicted octanol–water partition coefficient (Wildman–Crippen LogP) is 4.26. The van der Waals surface area contributed by atoms with E-state index in [0.717, 1.165) is 32.1 Å². The van der Waals surface area contributed by atoms with E-state index < -0.39 is 0 Å². The fourth-order valence-electron chi connectivity index (χ4n) is 3.85. The molecule has 172 valence electrons. The number of nitrogens with zero attached hydrogens (tertiary/aromatic N) is 1. The smallest absolute Gasteiger partial charge is 0.233 e. The summed E-state index contributed by atoms with van der Waals surface area (Å²) in [5.41, 5.74) is -0.524. The summed E-state index contributed by atoms with van der Waals surface area (Å²) in [6.07, 6.45) is 6.40. The summed E-state index contributed by atoms with van der Waals surface area (Å²) in [4.78, 5) is 50.3. The van der Waals surface area contributed by atoms with Crippen molar-refractivity contribution < 1.29 is 19.2 Å². The highest BCUT2D eigenvalue weighted by Crippen LogP contribution is 2.39. The number of ketones is 1. The van der Waals surface area contributed by atoms with E-state index in [-0.39, 0.29) is 40.3 Å². The molecule has 3 amide bonds. The fraction of sp³-hybridized carbons (Fsp3) is 0.833. The molecule has 1 heterocycles. The lowest BCUT2D eigenvalue weighted by atomic mass is 9.74. The van der Waals surface area contributed by atoms with Gasteiger partial charge in [0.05, 0.1) is 5.92 Å². The van der Waals surface area contributed by atoms with Gasteiger partial charge >= 0.3 is 0 Å². The Morgan fingerprint density at radius 3 is 2.27 bits per heavy atom. The molecule has 1 aliphatic rings. The van der Waals surface area contributed by atoms with Crippen molar-refractivity contribution in [3.63, 3.8) is 0 Å². The molecule has 1 saturated heterocycles. The standard InChI is InChI=1S/C24H42N2O4/c1-7-8-14-24(5,6)18-17-21(29)26(22(18)30)16-11-9-10-12-20(28)25-15-13-19(27)23(2,3)4/h18H,7-17H2,1-6H3,(H,25,28). The second kappa shape index (κ2) is 11.6. The van der Waals surface area contributed by atoms with E-state index in [1.165, 1.54) is 4.90 Å². The molecule has 0 aromatic carbocycles. The Hall–Kier alpha value is -1.72. The van der Waals surface area contributed by atoms with Crippen LogP contribution in [0.4, 0.5) is 0 Å². The van der Waals surface area contributed by atoms with Crippen molar-refractivity contribution in [3.8, 4) is 0 Å². The van der Waals surface area contributed by atoms with Gasteiger partial charge in [-0.3, -0.25) is 24.1 Å². The number of rotatable bonds is 13. The van der Waals surface area contributed by atoms with Crippen LogP contribution in [0, 0.1) is 16.7 Å². The molecule has 0 radical (unpaired) electrons. The zero-order valence-electron chi connectivity index (χ0n) is 19.9. The first-order valence-electron chi connectivity index (χ1n) is 11.5. The van der Waals surface area contributed by atoms with Crippen LogP contribution in [0.5, 0.6) is 0 Å². The highest BCUT2D eigenvalue weighted by Gasteiger charge is 2.45. The molecule has 0 aliphatic carbocycles. The molecule has 6 heteroatoms. The molecule has 1 fully saturated rings. The third-order valence-electron chi connectivity index (χ3n) is 6.16. The molecule has 0 bridgehead atoms. The van der Waals surface area contributed by atoms with Crippen LogP contribution in [0.3, 0.4) is 0 Å². The molecule has 1 atom stereocenters. The molecule has 1 unspecified atom stereocenters. The number of nitrogens with one attached hydrogen (secondary N) is 1. The normalized spacial score (nSPS) is 17.5. The fourth-order valence-corrected chi connectivity index (χ4v) is 3.85. The Labute approximate surface area is 182 Å². The molecular formula is C24H42N2O4. The average Bonchev–Trinajstić information content (AvgIpc) is 2.94. The summed E-state index contributed by atoms with van der Waals surface area (Å²) >= 11 is 0. The van der Waals surface area contributed by atoms with Gasteiger partial charge in [-0.15, -0.1) is 0 Å². The van der Waals surface area contributed by atoms with E-state index in [9.17, 15) is 19.2 Å². The molecule has 0 saturated carbocycles. The number of imide groups is 1. The van der Waals surface area contributed by atoms with Crippen LogP contribution in [0.15, 0.2) is 0 Å². The maximum atomic E-state index is 12.8. The number of amides is 3. The van der Waals surface area contributed by atoms with Gasteiger partial charge in [-0.2, -0.15) is 0 Å². The number of hydrogen-bond acceptors (Lipinski definition) is 4. The molecular weight excluding hydrogens is 380 g/mol. The number of carbonyl (C=O) groups is 4. The van der Waals surface area contributed by atoms with E-state index in [1.807, 2.05) is 20.8 Å². The number of hydrogen-bond donors (Lipinski definition) is 1. The highest BCUT2D eigenvalue weighted by atomic mass is 16.2. The van der Waals surface area contributed by atoms with E-state index in [4.69, 9.17) is 0 Å². The molecule has 6 nitrogen and oxygen atoms in total. The topological polar surface area (TPSA) is 83.6 Å². The minimum Gasteiger partial charge on any atom is -0.356 e. The number of likely N-dealkylation sites (tertiary alicyclic amines) is 1. The van der Waals surface area contributed by atoms with Gasteiger partial charge in [-0.25, -0.2) is 0 Å². The monoisotopic (exact) mass is 422 g/mol. The van der Waals surface area contributed by atoms with Crippen LogP contribution in [-0.2, 0) is 19.2 Å². The minimum atomic E-state index is -0.376. The zero-order valence-corrected chi connectivity index (χ0v) is 19.9. The van der Waals surface area contributed by atoms with Gasteiger partial charge in [0.2, 0.25) is 17.7 Å². The summed E-state index contributed by atoms with van der Waals surface area (Å²) in [6.45, 7) is 12.8. The highest BCUT2D eigenvalue weighted by molar-refractivity contribution is 6.03. The molecule has 30 heavy (non-hydrogen) atoms. The number of unbranched alkanes of at least 4 members (excludes halogenated alkanes) is 3. The van der Waals surface area contributed by atoms with E-state index >= 15 is 0 Å². The van der Waals surface area contributed by atoms with Gasteiger partial charge in [0.1, 0.15) is 5.78 Å². The van der Waals surface area contributed by atoms with Crippen molar-refractivity contribution in [2.45, 2.75) is 99.3 Å². The van der Waals surface area contributed by atoms with Gasteiger partial charge in [0.25, 0.3) is 0 Å². The average molecular weight is 423 g/mol. The predicted molar refractivity (Wildman–Crippen MR) is 119 cm³/mol. The second-order valence-corrected chi connectivity index (χ2v) is 10.3. The lowest BCUT2D eigenvalue weighted by Crippen LogP contribution is -2.35. The van der Waals surface area contributed by atoms with Gasteiger partial charge < -0.3 is 5.32 Å². The van der Waals surface area contributed by atoms with Crippen molar-refractivity contribution in [3.05, 3.63) is 0 Å². The molecule has 1 aliphatic heterocycles. The molecule has 0 aromatic heterocycles. The van der Waals surface area contributed by atoms with Crippen LogP contribution < -0.4 is 5.32 Å². The number of Topliss-reactive ketones (excluding diaryl/α,β-unsaturated/α-hetero) is 1. The van der Waals surface area contributed by atoms with Crippen molar-refractivity contribution >= 4 is 23.5 Å². The number of carbonyl (C=O) groups excluding carboxylic acids is 4. The SMILES string of the molecule is CCCCC(C)(C)C1CC(=O)N(CCCCCC(=O)NCCC(=O)C(C)(C)C)C1=O. The summed E-state index contributed by atoms with van der Waals surface area (Å²) < 4.78 is 0. The maximum absolute atomic E-state index is 12.8. The van der Waals surface area contributed by atoms with E-state index in [1.54, 1.807) is 0 Å². The zero-order chi connectivity index (χ0) is 22.9. The Bertz CT molecular complexity index is 619. The minimum absolute atomic E-state index is 0.0256. The summed E-state index contributed by atoms with van der Waals surface area (Å²) in [7, 11) is 0. The third kappa shape index (κ3) is 8.19. The van der Waals surface area contributed by atoms with Crippen LogP contribution >= 0.6 is 0 Å². The molecule has 1 rings (SSSR count). The first kappa shape index (κ1) is 26.3. The van der Waals surface area contributed by atoms with Gasteiger partial charge in [0.15, 0.2) is 0 Å². The summed E-state index contributed by atoms with van der Waals surface area (Å²) in [6, 6.07) is 0. The third-order valence-corrected chi connectivity index (χ3v) is 6.16. The van der Waals surface area contributed by atoms with Crippen molar-refractivity contribution in [1.29, 1.82) is 0 Å². The Morgan fingerprint density at radius 2 is 1.67 bits per heavy atom.